The van der Waals surface area contributed by atoms with Crippen LogP contribution in [0, 0.1) is 23.4 Å². The molecule has 0 unspecified atom stereocenters. The third-order valence-corrected chi connectivity index (χ3v) is 17.5. The van der Waals surface area contributed by atoms with E-state index in [9.17, 15) is 9.18 Å². The molecule has 3 heterocycles. The summed E-state index contributed by atoms with van der Waals surface area (Å²) >= 11 is 0. The van der Waals surface area contributed by atoms with E-state index in [1.165, 1.54) is 29.2 Å². The Balaban J connectivity index is 1.26. The Bertz CT molecular complexity index is 2210. The third kappa shape index (κ3) is 7.47. The van der Waals surface area contributed by atoms with Crippen LogP contribution in [0.3, 0.4) is 0 Å². The van der Waals surface area contributed by atoms with E-state index >= 15 is 17.6 Å². The number of carbonyl (C=O) groups is 1. The summed E-state index contributed by atoms with van der Waals surface area (Å²) in [4.78, 5) is 18.8. The van der Waals surface area contributed by atoms with Gasteiger partial charge in [0.15, 0.2) is 0 Å². The summed E-state index contributed by atoms with van der Waals surface area (Å²) in [5.41, 5.74) is 0.873. The molecule has 0 spiro atoms. The lowest BCUT2D eigenvalue weighted by molar-refractivity contribution is -0.0825. The van der Waals surface area contributed by atoms with Crippen LogP contribution in [0.25, 0.3) is 10.9 Å². The van der Waals surface area contributed by atoms with Crippen molar-refractivity contribution in [2.75, 3.05) is 32.8 Å². The van der Waals surface area contributed by atoms with E-state index in [-0.39, 0.29) is 23.9 Å². The number of benzene rings is 4. The second-order valence-electron chi connectivity index (χ2n) is 17.7. The van der Waals surface area contributed by atoms with Gasteiger partial charge < -0.3 is 19.6 Å². The summed E-state index contributed by atoms with van der Waals surface area (Å²) in [5.74, 6) is -5.73. The van der Waals surface area contributed by atoms with Gasteiger partial charge in [-0.15, -0.1) is 0 Å². The number of urea groups is 1. The standard InChI is InChI=1S/C46H53F5N4O2Si/c1-8-52-43(56)54-25-31(26-54)45(6,7)30-22-37(48)40(38(49)23-30)42-41-36(35-24-32(47)19-20-39(35)53-41)21-29(2)55(42)27-46(50,51)28-57-58(44(3,4)5,33-15-11-9-12-16-33)34-17-13-10-14-18-34/h9-20,22-24,29,31,42,53H,8,21,25-28H2,1-7H3,(H,52,56)/t29-,42-/m1/s1. The first-order valence-electron chi connectivity index (χ1n) is 20.1. The third-order valence-electron chi connectivity index (χ3n) is 12.5. The van der Waals surface area contributed by atoms with Crippen molar-refractivity contribution < 1.29 is 31.2 Å². The Morgan fingerprint density at radius 1 is 0.879 bits per heavy atom. The normalized spacial score (nSPS) is 18.3. The molecule has 2 atom stereocenters. The van der Waals surface area contributed by atoms with E-state index < -0.39 is 67.4 Å². The number of rotatable bonds is 11. The van der Waals surface area contributed by atoms with Crippen LogP contribution in [0.15, 0.2) is 91.0 Å². The number of nitrogens with one attached hydrogen (secondary N) is 2. The summed E-state index contributed by atoms with van der Waals surface area (Å²) in [6, 6.07) is 23.8. The van der Waals surface area contributed by atoms with E-state index in [1.54, 1.807) is 17.9 Å². The van der Waals surface area contributed by atoms with Crippen LogP contribution in [0.5, 0.6) is 0 Å². The molecule has 5 aromatic rings. The van der Waals surface area contributed by atoms with E-state index in [1.807, 2.05) is 102 Å². The number of hydrogen-bond acceptors (Lipinski definition) is 3. The molecule has 6 nitrogen and oxygen atoms in total. The monoisotopic (exact) mass is 816 g/mol. The number of fused-ring (bicyclic) bond motifs is 3. The smallest absolute Gasteiger partial charge is 0.317 e. The molecule has 308 valence electrons. The average Bonchev–Trinajstić information content (AvgIpc) is 3.49. The number of aromatic nitrogens is 1. The molecule has 2 aliphatic heterocycles. The second kappa shape index (κ2) is 15.6. The Labute approximate surface area is 338 Å². The van der Waals surface area contributed by atoms with Crippen LogP contribution in [-0.2, 0) is 16.3 Å². The number of amides is 2. The molecule has 2 aliphatic rings. The SMILES string of the molecule is CCNC(=O)N1CC(C(C)(C)c2cc(F)c([C@@H]3c4[nH]c5ccc(F)cc5c4C[C@@H](C)N3CC(F)(F)CO[Si](c3ccccc3)(c3ccccc3)C(C)(C)C)c(F)c2)C1. The fraction of sp³-hybridized carbons (Fsp3) is 0.413. The minimum atomic E-state index is -3.47. The summed E-state index contributed by atoms with van der Waals surface area (Å²) in [6.45, 7) is 13.0. The van der Waals surface area contributed by atoms with Crippen LogP contribution in [0.2, 0.25) is 5.04 Å². The fourth-order valence-electron chi connectivity index (χ4n) is 9.19. The summed E-state index contributed by atoms with van der Waals surface area (Å²) < 4.78 is 88.9. The first-order valence-corrected chi connectivity index (χ1v) is 22.0. The highest BCUT2D eigenvalue weighted by Gasteiger charge is 2.53. The zero-order valence-corrected chi connectivity index (χ0v) is 35.2. The first kappa shape index (κ1) is 41.6. The molecule has 1 fully saturated rings. The number of nitrogens with zero attached hydrogens (tertiary/aromatic N) is 2. The number of aromatic amines is 1. The lowest BCUT2D eigenvalue weighted by Crippen LogP contribution is -2.67. The predicted molar refractivity (Wildman–Crippen MR) is 222 cm³/mol. The van der Waals surface area contributed by atoms with Crippen molar-refractivity contribution in [1.82, 2.24) is 20.1 Å². The van der Waals surface area contributed by atoms with Gasteiger partial charge >= 0.3 is 6.03 Å². The van der Waals surface area contributed by atoms with Gasteiger partial charge in [0.05, 0.1) is 19.2 Å². The zero-order chi connectivity index (χ0) is 41.8. The van der Waals surface area contributed by atoms with Crippen LogP contribution in [0.4, 0.5) is 26.7 Å². The Morgan fingerprint density at radius 3 is 2.02 bits per heavy atom. The molecule has 12 heteroatoms. The number of carbonyl (C=O) groups excluding carboxylic acids is 1. The predicted octanol–water partition coefficient (Wildman–Crippen LogP) is 9.07. The quantitative estimate of drug-likeness (QED) is 0.103. The first-order chi connectivity index (χ1) is 27.4. The van der Waals surface area contributed by atoms with Crippen molar-refractivity contribution in [3.05, 3.63) is 131 Å². The van der Waals surface area contributed by atoms with Gasteiger partial charge in [-0.1, -0.05) is 95.3 Å². The van der Waals surface area contributed by atoms with E-state index in [0.717, 1.165) is 10.4 Å². The van der Waals surface area contributed by atoms with Gasteiger partial charge in [0, 0.05) is 53.8 Å². The van der Waals surface area contributed by atoms with Crippen molar-refractivity contribution in [2.45, 2.75) is 83.3 Å². The maximum Gasteiger partial charge on any atom is 0.317 e. The number of likely N-dealkylation sites (tertiary alicyclic amines) is 1. The highest BCUT2D eigenvalue weighted by molar-refractivity contribution is 6.99. The topological polar surface area (TPSA) is 60.6 Å². The van der Waals surface area contributed by atoms with Crippen LogP contribution in [0.1, 0.15) is 76.9 Å². The number of H-pyrrole nitrogens is 1. The van der Waals surface area contributed by atoms with Gasteiger partial charge in [0.2, 0.25) is 0 Å². The minimum Gasteiger partial charge on any atom is -0.401 e. The maximum atomic E-state index is 16.9. The molecule has 0 aliphatic carbocycles. The van der Waals surface area contributed by atoms with Crippen molar-refractivity contribution in [3.63, 3.8) is 0 Å². The number of hydrogen-bond donors (Lipinski definition) is 2. The largest absolute Gasteiger partial charge is 0.401 e. The molecule has 58 heavy (non-hydrogen) atoms. The molecule has 4 aromatic carbocycles. The highest BCUT2D eigenvalue weighted by atomic mass is 28.4. The van der Waals surface area contributed by atoms with Gasteiger partial charge in [-0.3, -0.25) is 4.90 Å². The van der Waals surface area contributed by atoms with Crippen LogP contribution < -0.4 is 15.7 Å². The van der Waals surface area contributed by atoms with E-state index in [0.29, 0.717) is 47.4 Å². The zero-order valence-electron chi connectivity index (χ0n) is 34.2. The minimum absolute atomic E-state index is 0.0598. The molecule has 2 amide bonds. The molecule has 0 radical (unpaired) electrons. The Morgan fingerprint density at radius 2 is 1.47 bits per heavy atom. The maximum absolute atomic E-state index is 16.9. The van der Waals surface area contributed by atoms with Crippen molar-refractivity contribution in [3.8, 4) is 0 Å². The molecule has 1 saturated heterocycles. The van der Waals surface area contributed by atoms with Crippen molar-refractivity contribution in [1.29, 1.82) is 0 Å². The Hall–Kier alpha value is -4.52. The number of halogens is 5. The van der Waals surface area contributed by atoms with E-state index in [4.69, 9.17) is 4.43 Å². The molecular weight excluding hydrogens is 764 g/mol. The molecular formula is C46H53F5N4O2Si. The molecule has 1 aromatic heterocycles. The highest BCUT2D eigenvalue weighted by Crippen LogP contribution is 2.46. The van der Waals surface area contributed by atoms with Gasteiger partial charge in [0.1, 0.15) is 17.5 Å². The van der Waals surface area contributed by atoms with Crippen LogP contribution >= 0.6 is 0 Å². The van der Waals surface area contributed by atoms with Crippen molar-refractivity contribution >= 4 is 35.6 Å². The lowest BCUT2D eigenvalue weighted by atomic mass is 9.69. The Kier molecular flexibility index (Phi) is 11.2. The fourth-order valence-corrected chi connectivity index (χ4v) is 13.8. The summed E-state index contributed by atoms with van der Waals surface area (Å²) in [5, 5.41) is 4.49. The molecule has 0 saturated carbocycles. The van der Waals surface area contributed by atoms with E-state index in [2.05, 4.69) is 10.3 Å². The van der Waals surface area contributed by atoms with Gasteiger partial charge in [-0.05, 0) is 82.6 Å². The number of alkyl halides is 2. The lowest BCUT2D eigenvalue weighted by Gasteiger charge is -2.48. The molecule has 0 bridgehead atoms. The van der Waals surface area contributed by atoms with Gasteiger partial charge in [-0.2, -0.15) is 0 Å². The van der Waals surface area contributed by atoms with Crippen LogP contribution in [-0.4, -0.2) is 73.9 Å². The average molecular weight is 817 g/mol. The molecule has 2 N–H and O–H groups in total. The van der Waals surface area contributed by atoms with Crippen molar-refractivity contribution in [2.24, 2.45) is 5.92 Å². The van der Waals surface area contributed by atoms with Gasteiger partial charge in [-0.25, -0.2) is 26.7 Å². The summed E-state index contributed by atoms with van der Waals surface area (Å²) in [6.07, 6.45) is 0.249. The summed E-state index contributed by atoms with van der Waals surface area (Å²) in [7, 11) is -3.36. The molecule has 7 rings (SSSR count). The second-order valence-corrected chi connectivity index (χ2v) is 22.0. The van der Waals surface area contributed by atoms with Gasteiger partial charge in [0.25, 0.3) is 14.2 Å².